The van der Waals surface area contributed by atoms with Gasteiger partial charge in [0.2, 0.25) is 0 Å². The molecule has 0 amide bonds. The summed E-state index contributed by atoms with van der Waals surface area (Å²) in [6.07, 6.45) is 2.21. The van der Waals surface area contributed by atoms with Gasteiger partial charge >= 0.3 is 0 Å². The zero-order valence-electron chi connectivity index (χ0n) is 11.2. The Balaban J connectivity index is 2.31. The van der Waals surface area contributed by atoms with Gasteiger partial charge in [0.1, 0.15) is 0 Å². The van der Waals surface area contributed by atoms with Gasteiger partial charge < -0.3 is 0 Å². The number of hydrogen-bond donors (Lipinski definition) is 0. The van der Waals surface area contributed by atoms with Gasteiger partial charge in [-0.1, -0.05) is 42.8 Å². The van der Waals surface area contributed by atoms with Gasteiger partial charge in [0.25, 0.3) is 0 Å². The van der Waals surface area contributed by atoms with E-state index in [1.54, 1.807) is 0 Å². The lowest BCUT2D eigenvalue weighted by molar-refractivity contribution is 0.702. The first-order chi connectivity index (χ1) is 7.98. The van der Waals surface area contributed by atoms with E-state index in [0.29, 0.717) is 12.0 Å². The second kappa shape index (κ2) is 3.79. The first-order valence-corrected chi connectivity index (χ1v) is 4.81. The number of rotatable bonds is 1. The fourth-order valence-electron chi connectivity index (χ4n) is 1.55. The van der Waals surface area contributed by atoms with Crippen LogP contribution in [0, 0.1) is 5.92 Å². The van der Waals surface area contributed by atoms with Gasteiger partial charge in [-0.25, -0.2) is 0 Å². The SMILES string of the molecule is [2H]C([2H])([2H])C1=CN=C(c2ccccc2)CC1C. The molecule has 0 bridgehead atoms. The second-order valence-electron chi connectivity index (χ2n) is 3.63. The molecule has 1 aromatic rings. The van der Waals surface area contributed by atoms with E-state index in [1.807, 2.05) is 37.3 Å². The van der Waals surface area contributed by atoms with Crippen LogP contribution in [-0.4, -0.2) is 5.71 Å². The highest BCUT2D eigenvalue weighted by molar-refractivity contribution is 6.01. The van der Waals surface area contributed by atoms with Crippen molar-refractivity contribution in [2.24, 2.45) is 10.9 Å². The lowest BCUT2D eigenvalue weighted by atomic mass is 9.92. The van der Waals surface area contributed by atoms with Gasteiger partial charge in [0.05, 0.1) is 0 Å². The van der Waals surface area contributed by atoms with Gasteiger partial charge in [0.15, 0.2) is 0 Å². The molecule has 0 aromatic heterocycles. The summed E-state index contributed by atoms with van der Waals surface area (Å²) in [6, 6.07) is 9.89. The minimum absolute atomic E-state index is 0.0233. The van der Waals surface area contributed by atoms with E-state index in [1.165, 1.54) is 6.20 Å². The molecule has 14 heavy (non-hydrogen) atoms. The lowest BCUT2D eigenvalue weighted by Gasteiger charge is -2.17. The van der Waals surface area contributed by atoms with Crippen LogP contribution < -0.4 is 0 Å². The number of hydrogen-bond acceptors (Lipinski definition) is 1. The molecular formula is C13H15N. The molecule has 1 aromatic carbocycles. The monoisotopic (exact) mass is 188 g/mol. The fraction of sp³-hybridized carbons (Fsp3) is 0.308. The Morgan fingerprint density at radius 2 is 2.14 bits per heavy atom. The summed E-state index contributed by atoms with van der Waals surface area (Å²) in [5, 5.41) is 0. The molecule has 2 rings (SSSR count). The zero-order chi connectivity index (χ0) is 12.5. The summed E-state index contributed by atoms with van der Waals surface area (Å²) in [5.41, 5.74) is 2.49. The molecule has 0 fully saturated rings. The van der Waals surface area contributed by atoms with Crippen LogP contribution >= 0.6 is 0 Å². The highest BCUT2D eigenvalue weighted by Crippen LogP contribution is 2.22. The maximum Gasteiger partial charge on any atom is 0.0481 e. The van der Waals surface area contributed by atoms with Crippen molar-refractivity contribution < 1.29 is 4.11 Å². The van der Waals surface area contributed by atoms with E-state index in [2.05, 4.69) is 4.99 Å². The van der Waals surface area contributed by atoms with Crippen LogP contribution in [0.5, 0.6) is 0 Å². The van der Waals surface area contributed by atoms with Gasteiger partial charge in [-0.05, 0) is 24.8 Å². The Kier molecular flexibility index (Phi) is 1.67. The summed E-state index contributed by atoms with van der Waals surface area (Å²) < 4.78 is 22.3. The fourth-order valence-corrected chi connectivity index (χ4v) is 1.55. The third kappa shape index (κ3) is 1.77. The third-order valence-electron chi connectivity index (χ3n) is 2.50. The van der Waals surface area contributed by atoms with Crippen LogP contribution in [0.15, 0.2) is 47.1 Å². The zero-order valence-corrected chi connectivity index (χ0v) is 8.20. The normalized spacial score (nSPS) is 25.5. The maximum atomic E-state index is 7.42. The molecule has 0 radical (unpaired) electrons. The summed E-state index contributed by atoms with van der Waals surface area (Å²) in [5.74, 6) is 0.0233. The topological polar surface area (TPSA) is 12.4 Å². The van der Waals surface area contributed by atoms with Crippen molar-refractivity contribution in [2.75, 3.05) is 0 Å². The van der Waals surface area contributed by atoms with E-state index in [4.69, 9.17) is 4.11 Å². The highest BCUT2D eigenvalue weighted by Gasteiger charge is 2.13. The predicted molar refractivity (Wildman–Crippen MR) is 60.5 cm³/mol. The average molecular weight is 188 g/mol. The van der Waals surface area contributed by atoms with Crippen LogP contribution in [0.1, 0.15) is 29.9 Å². The molecule has 0 N–H and O–H groups in total. The summed E-state index contributed by atoms with van der Waals surface area (Å²) in [6.45, 7) is -0.0824. The first-order valence-electron chi connectivity index (χ1n) is 6.31. The van der Waals surface area contributed by atoms with Crippen molar-refractivity contribution in [1.82, 2.24) is 0 Å². The minimum Gasteiger partial charge on any atom is -0.261 e. The smallest absolute Gasteiger partial charge is 0.0481 e. The minimum atomic E-state index is -2.02. The number of nitrogens with zero attached hydrogens (tertiary/aromatic N) is 1. The number of benzene rings is 1. The van der Waals surface area contributed by atoms with E-state index < -0.39 is 6.85 Å². The Bertz CT molecular complexity index is 457. The second-order valence-corrected chi connectivity index (χ2v) is 3.63. The first kappa shape index (κ1) is 6.18. The quantitative estimate of drug-likeness (QED) is 0.640. The molecule has 1 aliphatic rings. The molecule has 1 heterocycles. The maximum absolute atomic E-state index is 7.42. The van der Waals surface area contributed by atoms with Crippen LogP contribution in [0.4, 0.5) is 0 Å². The number of aliphatic imine (C=N–C) groups is 1. The largest absolute Gasteiger partial charge is 0.261 e. The van der Waals surface area contributed by atoms with Crippen molar-refractivity contribution in [3.05, 3.63) is 47.7 Å². The molecule has 0 aliphatic carbocycles. The summed E-state index contributed by atoms with van der Waals surface area (Å²) in [4.78, 5) is 4.29. The van der Waals surface area contributed by atoms with Crippen LogP contribution in [0.25, 0.3) is 0 Å². The Labute approximate surface area is 89.4 Å². The van der Waals surface area contributed by atoms with E-state index in [0.717, 1.165) is 11.3 Å². The van der Waals surface area contributed by atoms with Gasteiger partial charge in [0, 0.05) is 16.0 Å². The van der Waals surface area contributed by atoms with E-state index in [-0.39, 0.29) is 5.92 Å². The molecular weight excluding hydrogens is 170 g/mol. The molecule has 0 saturated carbocycles. The van der Waals surface area contributed by atoms with Crippen molar-refractivity contribution in [3.8, 4) is 0 Å². The average Bonchev–Trinajstić information content (AvgIpc) is 2.28. The molecule has 72 valence electrons. The Morgan fingerprint density at radius 1 is 1.36 bits per heavy atom. The van der Waals surface area contributed by atoms with Crippen molar-refractivity contribution in [1.29, 1.82) is 0 Å². The summed E-state index contributed by atoms with van der Waals surface area (Å²) in [7, 11) is 0. The van der Waals surface area contributed by atoms with Crippen molar-refractivity contribution in [3.63, 3.8) is 0 Å². The molecule has 1 atom stereocenters. The standard InChI is InChI=1S/C13H15N/c1-10-8-13(14-9-11(10)2)12-6-4-3-5-7-12/h3-7,9-10H,8H2,1-2H3/i2D3. The van der Waals surface area contributed by atoms with Crippen LogP contribution in [-0.2, 0) is 0 Å². The van der Waals surface area contributed by atoms with Gasteiger partial charge in [-0.2, -0.15) is 0 Å². The van der Waals surface area contributed by atoms with Gasteiger partial charge in [-0.15, -0.1) is 0 Å². The molecule has 0 spiro atoms. The van der Waals surface area contributed by atoms with E-state index >= 15 is 0 Å². The predicted octanol–water partition coefficient (Wildman–Crippen LogP) is 3.42. The molecule has 1 unspecified atom stereocenters. The number of allylic oxidation sites excluding steroid dienone is 1. The van der Waals surface area contributed by atoms with Crippen LogP contribution in [0.2, 0.25) is 0 Å². The van der Waals surface area contributed by atoms with Crippen molar-refractivity contribution in [2.45, 2.75) is 20.2 Å². The van der Waals surface area contributed by atoms with Crippen molar-refractivity contribution >= 4 is 5.71 Å². The third-order valence-corrected chi connectivity index (χ3v) is 2.50. The van der Waals surface area contributed by atoms with Gasteiger partial charge in [-0.3, -0.25) is 4.99 Å². The molecule has 0 saturated heterocycles. The molecule has 1 nitrogen and oxygen atoms in total. The van der Waals surface area contributed by atoms with E-state index in [9.17, 15) is 0 Å². The highest BCUT2D eigenvalue weighted by atomic mass is 14.7. The Morgan fingerprint density at radius 3 is 2.79 bits per heavy atom. The molecule has 1 aliphatic heterocycles. The van der Waals surface area contributed by atoms with Crippen LogP contribution in [0.3, 0.4) is 0 Å². The summed E-state index contributed by atoms with van der Waals surface area (Å²) >= 11 is 0. The lowest BCUT2D eigenvalue weighted by Crippen LogP contribution is -2.11. The molecule has 1 heteroatoms. The Hall–Kier alpha value is -1.37.